The fourth-order valence-electron chi connectivity index (χ4n) is 5.96. The van der Waals surface area contributed by atoms with Crippen LogP contribution in [0.25, 0.3) is 22.3 Å². The fourth-order valence-corrected chi connectivity index (χ4v) is 6.12. The highest BCUT2D eigenvalue weighted by atomic mass is 35.5. The Kier molecular flexibility index (Phi) is 7.91. The predicted octanol–water partition coefficient (Wildman–Crippen LogP) is 6.99. The van der Waals surface area contributed by atoms with Crippen molar-refractivity contribution in [3.8, 4) is 28.8 Å². The van der Waals surface area contributed by atoms with E-state index in [-0.39, 0.29) is 47.5 Å². The molecule has 47 heavy (non-hydrogen) atoms. The zero-order chi connectivity index (χ0) is 32.9. The van der Waals surface area contributed by atoms with E-state index in [0.717, 1.165) is 0 Å². The normalized spacial score (nSPS) is 14.6. The Morgan fingerprint density at radius 1 is 1.13 bits per heavy atom. The number of fused-ring (bicyclic) bond motifs is 2. The first-order valence-electron chi connectivity index (χ1n) is 14.9. The van der Waals surface area contributed by atoms with Crippen molar-refractivity contribution in [2.45, 2.75) is 38.8 Å². The molecule has 1 aliphatic carbocycles. The van der Waals surface area contributed by atoms with Crippen molar-refractivity contribution in [2.24, 2.45) is 5.41 Å². The first-order valence-corrected chi connectivity index (χ1v) is 15.3. The number of hydrogen-bond acceptors (Lipinski definition) is 7. The van der Waals surface area contributed by atoms with Gasteiger partial charge in [-0.2, -0.15) is 4.98 Å². The number of hydrogen-bond donors (Lipinski definition) is 1. The van der Waals surface area contributed by atoms with E-state index in [2.05, 4.69) is 9.97 Å². The molecule has 0 amide bonds. The summed E-state index contributed by atoms with van der Waals surface area (Å²) in [6.45, 7) is -0.0882. The van der Waals surface area contributed by atoms with Gasteiger partial charge in [-0.25, -0.2) is 23.5 Å². The molecule has 1 aliphatic heterocycles. The van der Waals surface area contributed by atoms with E-state index < -0.39 is 29.7 Å². The van der Waals surface area contributed by atoms with E-state index >= 15 is 4.39 Å². The lowest BCUT2D eigenvalue weighted by Gasteiger charge is -2.17. The Balaban J connectivity index is 1.25. The lowest BCUT2D eigenvalue weighted by atomic mass is 9.96. The highest BCUT2D eigenvalue weighted by Crippen LogP contribution is 2.49. The van der Waals surface area contributed by atoms with Crippen LogP contribution in [0.3, 0.4) is 0 Å². The van der Waals surface area contributed by atoms with Crippen LogP contribution in [-0.2, 0) is 26.0 Å². The summed E-state index contributed by atoms with van der Waals surface area (Å²) in [6.07, 6.45) is 3.31. The van der Waals surface area contributed by atoms with Gasteiger partial charge in [0.05, 0.1) is 37.2 Å². The molecule has 0 bridgehead atoms. The molecule has 2 aromatic heterocycles. The quantitative estimate of drug-likeness (QED) is 0.161. The summed E-state index contributed by atoms with van der Waals surface area (Å²) in [5.74, 6) is -1.01. The third kappa shape index (κ3) is 5.82. The Morgan fingerprint density at radius 3 is 2.68 bits per heavy atom. The van der Waals surface area contributed by atoms with Crippen LogP contribution in [0.1, 0.15) is 45.7 Å². The minimum absolute atomic E-state index is 0.00321. The number of aromatic carboxylic acids is 1. The molecule has 1 N–H and O–H groups in total. The van der Waals surface area contributed by atoms with Crippen molar-refractivity contribution in [1.82, 2.24) is 19.5 Å². The minimum atomic E-state index is -1.14. The zero-order valence-electron chi connectivity index (χ0n) is 25.2. The van der Waals surface area contributed by atoms with Gasteiger partial charge in [0.2, 0.25) is 0 Å². The SMILES string of the molecule is COc1cc(C(=O)O)cc2c1nc(Cc1c(F)cc(-c3ccnc(OCc4ccc(Cl)cc4F)n3)c3c1CCO3)n2CC1(CF)CC1. The number of alkyl halides is 1. The Morgan fingerprint density at radius 2 is 1.96 bits per heavy atom. The van der Waals surface area contributed by atoms with Gasteiger partial charge in [-0.05, 0) is 49.2 Å². The maximum atomic E-state index is 16.2. The summed E-state index contributed by atoms with van der Waals surface area (Å²) in [6, 6.07) is 10.0. The number of rotatable bonds is 11. The number of aromatic nitrogens is 4. The Hall–Kier alpha value is -4.84. The first-order chi connectivity index (χ1) is 22.7. The monoisotopic (exact) mass is 664 g/mol. The number of carboxylic acids is 1. The van der Waals surface area contributed by atoms with Crippen molar-refractivity contribution in [3.05, 3.63) is 93.4 Å². The van der Waals surface area contributed by atoms with Crippen LogP contribution in [0.2, 0.25) is 5.02 Å². The van der Waals surface area contributed by atoms with Gasteiger partial charge in [0.1, 0.15) is 41.1 Å². The molecule has 242 valence electrons. The highest BCUT2D eigenvalue weighted by Gasteiger charge is 2.44. The summed E-state index contributed by atoms with van der Waals surface area (Å²) in [7, 11) is 1.42. The second-order valence-corrected chi connectivity index (χ2v) is 12.3. The van der Waals surface area contributed by atoms with Gasteiger partial charge < -0.3 is 23.9 Å². The largest absolute Gasteiger partial charge is 0.494 e. The molecule has 1 fully saturated rings. The van der Waals surface area contributed by atoms with Gasteiger partial charge in [-0.15, -0.1) is 0 Å². The third-order valence-corrected chi connectivity index (χ3v) is 8.99. The molecule has 13 heteroatoms. The average molecular weight is 665 g/mol. The summed E-state index contributed by atoms with van der Waals surface area (Å²) in [4.78, 5) is 25.2. The number of methoxy groups -OCH3 is 1. The lowest BCUT2D eigenvalue weighted by Crippen LogP contribution is -2.17. The van der Waals surface area contributed by atoms with Crippen LogP contribution < -0.4 is 14.2 Å². The van der Waals surface area contributed by atoms with Gasteiger partial charge in [0, 0.05) is 58.3 Å². The molecule has 0 saturated heterocycles. The molecule has 5 aromatic rings. The van der Waals surface area contributed by atoms with Crippen LogP contribution in [0.4, 0.5) is 13.2 Å². The molecule has 2 aliphatic rings. The second-order valence-electron chi connectivity index (χ2n) is 11.8. The van der Waals surface area contributed by atoms with E-state index in [1.807, 2.05) is 0 Å². The van der Waals surface area contributed by atoms with Gasteiger partial charge in [-0.1, -0.05) is 17.7 Å². The number of imidazole rings is 1. The van der Waals surface area contributed by atoms with Crippen molar-refractivity contribution in [2.75, 3.05) is 20.4 Å². The maximum Gasteiger partial charge on any atom is 0.335 e. The predicted molar refractivity (Wildman–Crippen MR) is 166 cm³/mol. The van der Waals surface area contributed by atoms with E-state index in [1.54, 1.807) is 16.7 Å². The summed E-state index contributed by atoms with van der Waals surface area (Å²) >= 11 is 5.84. The number of ether oxygens (including phenoxy) is 3. The number of halogens is 4. The molecule has 0 radical (unpaired) electrons. The van der Waals surface area contributed by atoms with Crippen molar-refractivity contribution < 1.29 is 37.3 Å². The van der Waals surface area contributed by atoms with Crippen LogP contribution in [-0.4, -0.2) is 51.0 Å². The van der Waals surface area contributed by atoms with Crippen LogP contribution in [0.15, 0.2) is 48.7 Å². The Labute approximate surface area is 271 Å². The molecule has 0 atom stereocenters. The van der Waals surface area contributed by atoms with Gasteiger partial charge in [-0.3, -0.25) is 4.39 Å². The summed E-state index contributed by atoms with van der Waals surface area (Å²) in [5.41, 5.74) is 2.36. The molecular formula is C34H28ClF3N4O5. The molecular weight excluding hydrogens is 637 g/mol. The second kappa shape index (κ2) is 12.1. The fraction of sp³-hybridized carbons (Fsp3) is 0.294. The molecule has 9 nitrogen and oxygen atoms in total. The van der Waals surface area contributed by atoms with Gasteiger partial charge >= 0.3 is 12.0 Å². The summed E-state index contributed by atoms with van der Waals surface area (Å²) < 4.78 is 63.4. The number of benzene rings is 3. The van der Waals surface area contributed by atoms with Crippen LogP contribution in [0, 0.1) is 17.0 Å². The highest BCUT2D eigenvalue weighted by molar-refractivity contribution is 6.30. The third-order valence-electron chi connectivity index (χ3n) is 8.76. The standard InChI is InChI=1S/C34H28ClF3N4O5/c1-45-28-11-19(32(43)44)10-27-30(28)41-29(42(27)17-34(16-36)6-7-34)14-22-21-5-9-46-31(21)23(13-25(22)38)26-4-8-39-33(40-26)47-15-18-2-3-20(35)12-24(18)37/h2-4,8,10-13H,5-7,9,14-17H2,1H3,(H,43,44). The van der Waals surface area contributed by atoms with Gasteiger partial charge in [0.25, 0.3) is 0 Å². The molecule has 3 aromatic carbocycles. The van der Waals surface area contributed by atoms with Crippen LogP contribution in [0.5, 0.6) is 17.5 Å². The molecule has 0 spiro atoms. The van der Waals surface area contributed by atoms with E-state index in [0.29, 0.717) is 70.9 Å². The maximum absolute atomic E-state index is 16.2. The topological polar surface area (TPSA) is 109 Å². The van der Waals surface area contributed by atoms with E-state index in [1.165, 1.54) is 43.6 Å². The first kappa shape index (κ1) is 30.8. The number of nitrogens with zero attached hydrogens (tertiary/aromatic N) is 4. The molecule has 3 heterocycles. The molecule has 1 saturated carbocycles. The smallest absolute Gasteiger partial charge is 0.335 e. The van der Waals surface area contributed by atoms with E-state index in [9.17, 15) is 18.7 Å². The zero-order valence-corrected chi connectivity index (χ0v) is 25.9. The van der Waals surface area contributed by atoms with Crippen molar-refractivity contribution in [3.63, 3.8) is 0 Å². The van der Waals surface area contributed by atoms with Crippen molar-refractivity contribution >= 4 is 28.6 Å². The summed E-state index contributed by atoms with van der Waals surface area (Å²) in [5, 5.41) is 9.99. The number of carboxylic acid groups (broad SMARTS) is 1. The van der Waals surface area contributed by atoms with Crippen molar-refractivity contribution in [1.29, 1.82) is 0 Å². The molecule has 7 rings (SSSR count). The van der Waals surface area contributed by atoms with E-state index in [4.69, 9.17) is 30.8 Å². The molecule has 0 unspecified atom stereocenters. The van der Waals surface area contributed by atoms with Crippen LogP contribution >= 0.6 is 11.6 Å². The Bertz CT molecular complexity index is 2050. The number of carbonyl (C=O) groups is 1. The van der Waals surface area contributed by atoms with Gasteiger partial charge in [0.15, 0.2) is 0 Å². The lowest BCUT2D eigenvalue weighted by molar-refractivity contribution is 0.0696. The minimum Gasteiger partial charge on any atom is -0.494 e. The average Bonchev–Trinajstić information content (AvgIpc) is 3.52.